The Labute approximate surface area is 774 Å². The van der Waals surface area contributed by atoms with E-state index in [0.717, 1.165) is 55.8 Å². The molecule has 5 saturated heterocycles. The van der Waals surface area contributed by atoms with E-state index < -0.39 is 130 Å². The van der Waals surface area contributed by atoms with E-state index in [1.54, 1.807) is 86.6 Å². The molecule has 3 aromatic heterocycles. The van der Waals surface area contributed by atoms with Crippen LogP contribution in [-0.4, -0.2) is 240 Å². The smallest absolute Gasteiger partial charge is 0.321 e. The van der Waals surface area contributed by atoms with Crippen molar-refractivity contribution in [3.05, 3.63) is 143 Å². The van der Waals surface area contributed by atoms with Crippen LogP contribution in [0, 0.1) is 34.0 Å². The molecule has 0 radical (unpaired) electrons. The molecule has 2 spiro atoms. The first-order valence-corrected chi connectivity index (χ1v) is 45.8. The van der Waals surface area contributed by atoms with Gasteiger partial charge in [-0.2, -0.15) is 0 Å². The summed E-state index contributed by atoms with van der Waals surface area (Å²) >= 11 is 0. The van der Waals surface area contributed by atoms with Crippen LogP contribution in [0.25, 0.3) is 50.9 Å². The summed E-state index contributed by atoms with van der Waals surface area (Å²) < 4.78 is 40.6. The molecular weight excluding hydrogens is 1710 g/mol. The summed E-state index contributed by atoms with van der Waals surface area (Å²) in [6.07, 6.45) is 12.0. The zero-order valence-corrected chi connectivity index (χ0v) is 78.1. The molecule has 11 heterocycles. The number of nitrogens with zero attached hydrogens (tertiary/aromatic N) is 6. The molecule has 716 valence electrons. The van der Waals surface area contributed by atoms with Crippen LogP contribution in [0.3, 0.4) is 0 Å². The number of carboxylic acid groups (broad SMARTS) is 1. The molecule has 8 aliphatic heterocycles. The molecule has 0 aliphatic carbocycles. The SMILES string of the molecule is CC(C)[C@@H]1OC(=O)C2(/C=C/c3ccc4ccc(nc4c3)[C@@H](C)NC(=O)[C@@H]3CCCN(N3)C(=O)[C@H](C)NC1=O)COCCOC2.CC(C)[C@@H]1OC(=O)C2(/C=C/c3ccc4ccc(nc4c3)[C@@H](C)NC(=O)[C@@H]3CCCN(N3)C(=O)[C@H](C)NC1=O)COCCOC2.CCC[C@]1(C)/C=C/c2ccc3ccc(nc3c2)[C@@H](C)NC(=O)[C@@H]2CCCN(N2)C(=O)[C@H](C)NC(=O)C(C(C)C)OC1=O.O=CO. The van der Waals surface area contributed by atoms with Crippen molar-refractivity contribution in [1.29, 1.82) is 0 Å². The number of benzene rings is 3. The second-order valence-electron chi connectivity index (χ2n) is 36.4. The van der Waals surface area contributed by atoms with Crippen molar-refractivity contribution in [3.8, 4) is 0 Å². The quantitative estimate of drug-likeness (QED) is 0.0451. The Bertz CT molecular complexity index is 5100. The van der Waals surface area contributed by atoms with Gasteiger partial charge in [0.15, 0.2) is 18.3 Å². The van der Waals surface area contributed by atoms with Gasteiger partial charge in [-0.25, -0.2) is 16.3 Å². The molecule has 14 rings (SSSR count). The predicted octanol–water partition coefficient (Wildman–Crippen LogP) is 7.59. The summed E-state index contributed by atoms with van der Waals surface area (Å²) in [5, 5.41) is 31.0. The third kappa shape index (κ3) is 25.9. The van der Waals surface area contributed by atoms with Gasteiger partial charge in [-0.15, -0.1) is 0 Å². The molecule has 0 saturated carbocycles. The van der Waals surface area contributed by atoms with E-state index >= 15 is 0 Å². The lowest BCUT2D eigenvalue weighted by molar-refractivity contribution is -0.170. The van der Waals surface area contributed by atoms with Crippen molar-refractivity contribution in [1.82, 2.24) is 78.2 Å². The van der Waals surface area contributed by atoms with Crippen LogP contribution in [0.5, 0.6) is 0 Å². The van der Waals surface area contributed by atoms with Crippen LogP contribution in [0.15, 0.2) is 109 Å². The highest BCUT2D eigenvalue weighted by molar-refractivity contribution is 5.96. The van der Waals surface area contributed by atoms with E-state index in [2.05, 4.69) is 48.2 Å². The maximum absolute atomic E-state index is 13.8. The van der Waals surface area contributed by atoms with Gasteiger partial charge >= 0.3 is 17.9 Å². The van der Waals surface area contributed by atoms with E-state index in [4.69, 9.17) is 58.0 Å². The predicted molar refractivity (Wildman–Crippen MR) is 492 cm³/mol. The average molecular weight is 1840 g/mol. The summed E-state index contributed by atoms with van der Waals surface area (Å²) in [6, 6.07) is 23.1. The largest absolute Gasteiger partial charge is 0.483 e. The lowest BCUT2D eigenvalue weighted by Gasteiger charge is -2.35. The minimum Gasteiger partial charge on any atom is -0.483 e. The highest BCUT2D eigenvalue weighted by Crippen LogP contribution is 2.35. The summed E-state index contributed by atoms with van der Waals surface area (Å²) in [7, 11) is 0. The van der Waals surface area contributed by atoms with Gasteiger partial charge in [0.05, 0.1) is 110 Å². The number of hydrazine groups is 3. The fourth-order valence-corrected chi connectivity index (χ4v) is 16.5. The zero-order valence-electron chi connectivity index (χ0n) is 78.1. The van der Waals surface area contributed by atoms with Crippen LogP contribution < -0.4 is 48.2 Å². The highest BCUT2D eigenvalue weighted by atomic mass is 16.6. The van der Waals surface area contributed by atoms with Crippen LogP contribution in [0.2, 0.25) is 0 Å². The molecule has 5 fully saturated rings. The molecule has 9 amide bonds. The maximum atomic E-state index is 13.8. The number of ether oxygens (including phenoxy) is 7. The zero-order chi connectivity index (χ0) is 96.2. The summed E-state index contributed by atoms with van der Waals surface area (Å²) in [6.45, 7) is 27.0. The molecule has 6 aromatic rings. The van der Waals surface area contributed by atoms with E-state index in [-0.39, 0.29) is 80.3 Å². The number of hydrogen-bond donors (Lipinski definition) is 10. The Morgan fingerprint density at radius 2 is 0.669 bits per heavy atom. The van der Waals surface area contributed by atoms with E-state index in [9.17, 15) is 57.5 Å². The number of fused-ring (bicyclic) bond motifs is 12. The number of aromatic nitrogens is 3. The normalized spacial score (nSPS) is 27.6. The van der Waals surface area contributed by atoms with Crippen molar-refractivity contribution >= 4 is 128 Å². The van der Waals surface area contributed by atoms with Gasteiger partial charge in [0, 0.05) is 35.8 Å². The number of hydrogen-bond acceptors (Lipinski definition) is 26. The number of carbonyl (C=O) groups excluding carboxylic acids is 12. The molecule has 1 unspecified atom stereocenters. The average Bonchev–Trinajstić information content (AvgIpc) is 1.80. The van der Waals surface area contributed by atoms with E-state index in [1.807, 2.05) is 138 Å². The maximum Gasteiger partial charge on any atom is 0.321 e. The number of pyridine rings is 3. The first kappa shape index (κ1) is 101. The first-order chi connectivity index (χ1) is 63.4. The van der Waals surface area contributed by atoms with Gasteiger partial charge < -0.3 is 70.2 Å². The molecule has 10 N–H and O–H groups in total. The number of carbonyl (C=O) groups is 13. The Kier molecular flexibility index (Phi) is 35.1. The Hall–Kier alpha value is -12.1. The molecule has 13 atom stereocenters. The van der Waals surface area contributed by atoms with Crippen molar-refractivity contribution in [2.24, 2.45) is 34.0 Å². The summed E-state index contributed by atoms with van der Waals surface area (Å²) in [4.78, 5) is 184. The van der Waals surface area contributed by atoms with Crippen molar-refractivity contribution in [2.75, 3.05) is 72.5 Å². The Morgan fingerprint density at radius 3 is 0.955 bits per heavy atom. The fourth-order valence-electron chi connectivity index (χ4n) is 16.5. The van der Waals surface area contributed by atoms with Crippen LogP contribution in [0.4, 0.5) is 0 Å². The van der Waals surface area contributed by atoms with Crippen molar-refractivity contribution in [2.45, 2.75) is 221 Å². The minimum absolute atomic E-state index is 0.0125. The summed E-state index contributed by atoms with van der Waals surface area (Å²) in [5.41, 5.74) is 12.2. The third-order valence-electron chi connectivity index (χ3n) is 24.5. The monoisotopic (exact) mass is 1840 g/mol. The van der Waals surface area contributed by atoms with Crippen LogP contribution in [0.1, 0.15) is 200 Å². The van der Waals surface area contributed by atoms with Crippen LogP contribution in [-0.2, 0) is 95.5 Å². The molecule has 36 heteroatoms. The molecule has 8 aliphatic rings. The lowest BCUT2D eigenvalue weighted by Crippen LogP contribution is -2.61. The second-order valence-corrected chi connectivity index (χ2v) is 36.4. The van der Waals surface area contributed by atoms with E-state index in [1.165, 1.54) is 15.0 Å². The highest BCUT2D eigenvalue weighted by Gasteiger charge is 2.47. The Morgan fingerprint density at radius 1 is 0.398 bits per heavy atom. The molecular formula is C97H127N15O21. The van der Waals surface area contributed by atoms with Crippen molar-refractivity contribution in [3.63, 3.8) is 0 Å². The third-order valence-corrected chi connectivity index (χ3v) is 24.5. The Balaban J connectivity index is 0.000000189. The molecule has 36 nitrogen and oxygen atoms in total. The van der Waals surface area contributed by atoms with Gasteiger partial charge in [0.2, 0.25) is 17.7 Å². The second kappa shape index (κ2) is 46.1. The van der Waals surface area contributed by atoms with Gasteiger partial charge in [0.1, 0.15) is 47.1 Å². The molecule has 15 bridgehead atoms. The van der Waals surface area contributed by atoms with Gasteiger partial charge in [-0.1, -0.05) is 146 Å². The van der Waals surface area contributed by atoms with Crippen molar-refractivity contribution < 1.29 is 101 Å². The molecule has 3 aromatic carbocycles. The van der Waals surface area contributed by atoms with Crippen LogP contribution >= 0.6 is 0 Å². The number of esters is 3. The lowest BCUT2D eigenvalue weighted by atomic mass is 9.84. The van der Waals surface area contributed by atoms with Gasteiger partial charge in [-0.05, 0) is 164 Å². The number of cyclic esters (lactones) is 3. The summed E-state index contributed by atoms with van der Waals surface area (Å²) in [5.74, 6) is -6.55. The van der Waals surface area contributed by atoms with Gasteiger partial charge in [-0.3, -0.25) is 92.3 Å². The number of rotatable bonds is 5. The first-order valence-electron chi connectivity index (χ1n) is 45.8. The molecule has 133 heavy (non-hydrogen) atoms. The fraction of sp³-hybridized carbons (Fsp3) is 0.526. The van der Waals surface area contributed by atoms with E-state index in [0.29, 0.717) is 108 Å². The standard InChI is InChI=1S/2C32H41N5O7.C32H43N5O5.CH2O2/c2*1-19(2)27-29(39)34-21(4)30(40)37-13-5-6-25(36-37)28(38)33-20(3)24-10-9-23-8-7-22(16-26(23)35-24)11-12-32(31(41)44-27)17-42-14-15-43-18-32;1-7-15-32(6)16-14-22-10-11-23-12-13-24(35-26(23)18-22)20(4)33-28(38)25-9-8-17-37(36-25)30(40)21(5)34-29(39)27(19(2)3)42-31(32)41;2-1-3/h2*7-12,16,19-21,25,27,36H,5-6,13-15,17-18H2,1-4H3,(H,33,38)(H,34,39);10-14,16,18-21,25,27,36H,7-9,15,17H2,1-6H3,(H,33,38)(H,34,39);1H,(H,2,3)/b2*12-11+;16-14+;/t2*20-,21+,25+,27+;20-,21+,25+,27?,32-;/m111./s1. The number of nitrogens with one attached hydrogen (secondary N) is 9. The minimum atomic E-state index is -1.31. The van der Waals surface area contributed by atoms with Gasteiger partial charge in [0.25, 0.3) is 41.9 Å². The topological polar surface area (TPSA) is 463 Å². The number of amides is 9.